The van der Waals surface area contributed by atoms with Crippen LogP contribution in [0, 0.1) is 0 Å². The molecule has 0 radical (unpaired) electrons. The Kier molecular flexibility index (Phi) is 10.5. The molecule has 2 saturated heterocycles. The van der Waals surface area contributed by atoms with Crippen molar-refractivity contribution in [3.05, 3.63) is 66.2 Å². The number of morpholine rings is 1. The molecule has 10 nitrogen and oxygen atoms in total. The number of hydrogen-bond donors (Lipinski definition) is 2. The molecule has 42 heavy (non-hydrogen) atoms. The summed E-state index contributed by atoms with van der Waals surface area (Å²) in [4.78, 5) is 28.6. The number of aryl methyl sites for hydroxylation is 1. The Morgan fingerprint density at radius 2 is 1.50 bits per heavy atom. The molecule has 2 N–H and O–H groups in total. The van der Waals surface area contributed by atoms with E-state index in [-0.39, 0.29) is 17.2 Å². The molecule has 0 saturated carbocycles. The summed E-state index contributed by atoms with van der Waals surface area (Å²) < 4.78 is 46.9. The van der Waals surface area contributed by atoms with Gasteiger partial charge in [-0.15, -0.1) is 0 Å². The molecular weight excluding hydrogens is 557 g/mol. The number of nitrogens with zero attached hydrogens (tertiary/aromatic N) is 1. The zero-order valence-electron chi connectivity index (χ0n) is 24.9. The molecule has 2 aromatic carbocycles. The highest BCUT2D eigenvalue weighted by Gasteiger charge is 2.54. The van der Waals surface area contributed by atoms with Crippen molar-refractivity contribution in [3.63, 3.8) is 0 Å². The number of rotatable bonds is 12. The average molecular weight is 600 g/mol. The van der Waals surface area contributed by atoms with Crippen LogP contribution in [0.25, 0.3) is 0 Å². The molecule has 0 aromatic heterocycles. The highest BCUT2D eigenvalue weighted by molar-refractivity contribution is 7.89. The van der Waals surface area contributed by atoms with Gasteiger partial charge in [-0.3, -0.25) is 9.59 Å². The fraction of sp³-hybridized carbons (Fsp3) is 0.533. The van der Waals surface area contributed by atoms with Crippen molar-refractivity contribution in [1.82, 2.24) is 14.9 Å². The van der Waals surface area contributed by atoms with Gasteiger partial charge in [0.15, 0.2) is 0 Å². The largest absolute Gasteiger partial charge is 0.481 e. The van der Waals surface area contributed by atoms with E-state index >= 15 is 0 Å². The normalized spacial score (nSPS) is 19.7. The van der Waals surface area contributed by atoms with Crippen molar-refractivity contribution in [2.75, 3.05) is 26.3 Å². The maximum absolute atomic E-state index is 13.8. The molecule has 2 heterocycles. The zero-order valence-corrected chi connectivity index (χ0v) is 25.7. The summed E-state index contributed by atoms with van der Waals surface area (Å²) in [7, 11) is -4.85. The number of carbonyl (C=O) groups is 2. The Hall–Kier alpha value is -2.77. The monoisotopic (exact) mass is 599 g/mol. The molecule has 12 heteroatoms. The lowest BCUT2D eigenvalue weighted by Gasteiger charge is -2.32. The summed E-state index contributed by atoms with van der Waals surface area (Å²) in [5.74, 6) is -1.52. The van der Waals surface area contributed by atoms with E-state index in [0.717, 1.165) is 12.8 Å². The van der Waals surface area contributed by atoms with E-state index in [1.165, 1.54) is 17.7 Å². The average Bonchev–Trinajstić information content (AvgIpc) is 3.19. The summed E-state index contributed by atoms with van der Waals surface area (Å²) in [6, 6.07) is 16.5. The Morgan fingerprint density at radius 3 is 2.10 bits per heavy atom. The van der Waals surface area contributed by atoms with E-state index in [4.69, 9.17) is 14.0 Å². The third kappa shape index (κ3) is 8.20. The fourth-order valence-corrected chi connectivity index (χ4v) is 6.16. The van der Waals surface area contributed by atoms with Gasteiger partial charge in [-0.25, -0.2) is 8.42 Å². The smallest absolute Gasteiger partial charge is 0.402 e. The number of benzene rings is 2. The summed E-state index contributed by atoms with van der Waals surface area (Å²) in [5.41, 5.74) is -0.0810. The van der Waals surface area contributed by atoms with Gasteiger partial charge in [-0.2, -0.15) is 4.72 Å². The maximum atomic E-state index is 13.8. The summed E-state index contributed by atoms with van der Waals surface area (Å²) >= 11 is 0. The molecule has 0 bridgehead atoms. The number of sulfonamides is 1. The van der Waals surface area contributed by atoms with E-state index in [1.54, 1.807) is 23.1 Å². The van der Waals surface area contributed by atoms with Gasteiger partial charge in [-0.1, -0.05) is 48.5 Å². The van der Waals surface area contributed by atoms with Gasteiger partial charge in [0.05, 0.1) is 41.7 Å². The molecule has 4 rings (SSSR count). The second-order valence-corrected chi connectivity index (χ2v) is 13.5. The van der Waals surface area contributed by atoms with Crippen molar-refractivity contribution in [3.8, 4) is 0 Å². The third-order valence-electron chi connectivity index (χ3n) is 8.16. The van der Waals surface area contributed by atoms with E-state index < -0.39 is 46.2 Å². The fourth-order valence-electron chi connectivity index (χ4n) is 4.94. The number of nitrogens with one attached hydrogen (secondary N) is 2. The van der Waals surface area contributed by atoms with Crippen LogP contribution in [0.2, 0.25) is 0 Å². The molecule has 2 aliphatic heterocycles. The van der Waals surface area contributed by atoms with Gasteiger partial charge in [0.2, 0.25) is 21.8 Å². The zero-order chi connectivity index (χ0) is 30.4. The molecule has 0 unspecified atom stereocenters. The van der Waals surface area contributed by atoms with Crippen LogP contribution in [0.15, 0.2) is 65.6 Å². The number of hydrogen-bond acceptors (Lipinski definition) is 7. The topological polar surface area (TPSA) is 123 Å². The minimum Gasteiger partial charge on any atom is -0.402 e. The molecular formula is C30H42BN3O7S. The van der Waals surface area contributed by atoms with Crippen molar-refractivity contribution >= 4 is 29.0 Å². The summed E-state index contributed by atoms with van der Waals surface area (Å²) in [6.45, 7) is 9.30. The van der Waals surface area contributed by atoms with Crippen molar-refractivity contribution in [2.45, 2.75) is 81.5 Å². The van der Waals surface area contributed by atoms with Crippen molar-refractivity contribution in [1.29, 1.82) is 0 Å². The molecule has 0 spiro atoms. The van der Waals surface area contributed by atoms with Crippen LogP contribution in [0.5, 0.6) is 0 Å². The second-order valence-electron chi connectivity index (χ2n) is 11.8. The maximum Gasteiger partial charge on any atom is 0.481 e. The molecule has 0 aliphatic carbocycles. The predicted octanol–water partition coefficient (Wildman–Crippen LogP) is 2.72. The van der Waals surface area contributed by atoms with Gasteiger partial charge in [0.1, 0.15) is 6.04 Å². The predicted molar refractivity (Wildman–Crippen MR) is 160 cm³/mol. The minimum absolute atomic E-state index is 0.00647. The quantitative estimate of drug-likeness (QED) is 0.360. The van der Waals surface area contributed by atoms with Crippen LogP contribution in [-0.2, 0) is 40.1 Å². The van der Waals surface area contributed by atoms with Gasteiger partial charge < -0.3 is 24.3 Å². The van der Waals surface area contributed by atoms with Crippen LogP contribution < -0.4 is 10.0 Å². The Labute approximate surface area is 249 Å². The minimum atomic E-state index is -4.09. The first kappa shape index (κ1) is 32.2. The highest BCUT2D eigenvalue weighted by atomic mass is 32.2. The van der Waals surface area contributed by atoms with Crippen LogP contribution in [0.4, 0.5) is 0 Å². The lowest BCUT2D eigenvalue weighted by molar-refractivity contribution is -0.138. The molecule has 2 aliphatic rings. The Morgan fingerprint density at radius 1 is 0.929 bits per heavy atom. The van der Waals surface area contributed by atoms with Crippen LogP contribution in [-0.4, -0.2) is 81.7 Å². The summed E-state index contributed by atoms with van der Waals surface area (Å²) in [5, 5.41) is 2.99. The van der Waals surface area contributed by atoms with Gasteiger partial charge >= 0.3 is 7.12 Å². The van der Waals surface area contributed by atoms with Crippen molar-refractivity contribution < 1.29 is 32.1 Å². The third-order valence-corrected chi connectivity index (χ3v) is 9.65. The van der Waals surface area contributed by atoms with Gasteiger partial charge in [0.25, 0.3) is 0 Å². The Balaban J connectivity index is 1.54. The van der Waals surface area contributed by atoms with Crippen LogP contribution in [0.3, 0.4) is 0 Å². The molecule has 2 atom stereocenters. The number of ether oxygens (including phenoxy) is 1. The van der Waals surface area contributed by atoms with Gasteiger partial charge in [-0.05, 0) is 64.7 Å². The second kappa shape index (κ2) is 13.7. The standard InChI is InChI=1S/C30H42BN3O7S/c1-29(2)30(3,4)41-31(40-29)26(17-11-14-23-12-7-5-8-13-23)32-28(36)25(22-27(35)34-18-20-39-21-19-34)33-42(37,38)24-15-9-6-10-16-24/h5-10,12-13,15-16,25-26,33H,11,14,17-22H2,1-4H3,(H,32,36)/t25-,26+/m1/s1. The molecule has 2 fully saturated rings. The number of carbonyl (C=O) groups excluding carboxylic acids is 2. The summed E-state index contributed by atoms with van der Waals surface area (Å²) in [6.07, 6.45) is 1.70. The number of amides is 2. The van der Waals surface area contributed by atoms with Crippen molar-refractivity contribution in [2.24, 2.45) is 0 Å². The lowest BCUT2D eigenvalue weighted by atomic mass is 9.75. The first-order chi connectivity index (χ1) is 19.9. The van der Waals surface area contributed by atoms with E-state index in [0.29, 0.717) is 32.7 Å². The lowest BCUT2D eigenvalue weighted by Crippen LogP contribution is -2.56. The van der Waals surface area contributed by atoms with Gasteiger partial charge in [0, 0.05) is 13.1 Å². The van der Waals surface area contributed by atoms with E-state index in [2.05, 4.69) is 10.0 Å². The first-order valence-corrected chi connectivity index (χ1v) is 16.0. The van der Waals surface area contributed by atoms with E-state index in [1.807, 2.05) is 58.0 Å². The van der Waals surface area contributed by atoms with Crippen LogP contribution in [0.1, 0.15) is 52.5 Å². The SMILES string of the molecule is CC1(C)OB([C@H](CCCc2ccccc2)NC(=O)[C@@H](CC(=O)N2CCOCC2)NS(=O)(=O)c2ccccc2)OC1(C)C. The first-order valence-electron chi connectivity index (χ1n) is 14.5. The molecule has 2 amide bonds. The van der Waals surface area contributed by atoms with E-state index in [9.17, 15) is 18.0 Å². The molecule has 2 aromatic rings. The van der Waals surface area contributed by atoms with Crippen LogP contribution >= 0.6 is 0 Å². The molecule has 228 valence electrons. The highest BCUT2D eigenvalue weighted by Crippen LogP contribution is 2.38. The Bertz CT molecular complexity index is 1290.